The van der Waals surface area contributed by atoms with Crippen LogP contribution in [0.1, 0.15) is 44.1 Å². The molecule has 0 spiro atoms. The Morgan fingerprint density at radius 1 is 1.15 bits per heavy atom. The van der Waals surface area contributed by atoms with E-state index < -0.39 is 12.0 Å². The average Bonchev–Trinajstić information content (AvgIpc) is 3.53. The normalized spacial score (nSPS) is 18.2. The molecule has 206 valence electrons. The highest BCUT2D eigenvalue weighted by molar-refractivity contribution is 7.07. The molecule has 3 aromatic rings. The zero-order valence-corrected chi connectivity index (χ0v) is 23.6. The van der Waals surface area contributed by atoms with Crippen LogP contribution in [0.4, 0.5) is 5.88 Å². The number of hydrogen-bond donors (Lipinski definition) is 0. The maximum Gasteiger partial charge on any atom is 0.338 e. The molecule has 0 amide bonds. The first-order chi connectivity index (χ1) is 18.9. The Labute approximate surface area is 231 Å². The SMILES string of the molecule is CCCC1=C(C(=O)OCC)[C@H](c2ccccc2OC)n2c(s/c(=C/c3ccc(N4CCN(C)CC4)o3)c2=O)=N1. The quantitative estimate of drug-likeness (QED) is 0.399. The Bertz CT molecular complexity index is 1560. The summed E-state index contributed by atoms with van der Waals surface area (Å²) in [5.41, 5.74) is 1.46. The molecule has 9 nitrogen and oxygen atoms in total. The van der Waals surface area contributed by atoms with E-state index in [2.05, 4.69) is 16.8 Å². The molecular formula is C29H34N4O5S. The van der Waals surface area contributed by atoms with E-state index in [1.165, 1.54) is 11.3 Å². The summed E-state index contributed by atoms with van der Waals surface area (Å²) in [5.74, 6) is 1.50. The Balaban J connectivity index is 1.64. The number of likely N-dealkylation sites (N-methyl/N-ethyl adjacent to an activating group) is 1. The first-order valence-corrected chi connectivity index (χ1v) is 14.1. The van der Waals surface area contributed by atoms with Crippen LogP contribution in [0.5, 0.6) is 5.75 Å². The molecule has 1 saturated heterocycles. The van der Waals surface area contributed by atoms with Crippen molar-refractivity contribution in [2.45, 2.75) is 32.7 Å². The van der Waals surface area contributed by atoms with Crippen LogP contribution < -0.4 is 24.5 Å². The zero-order chi connectivity index (χ0) is 27.5. The number of rotatable bonds is 8. The summed E-state index contributed by atoms with van der Waals surface area (Å²) >= 11 is 1.29. The van der Waals surface area contributed by atoms with E-state index in [1.807, 2.05) is 43.3 Å². The number of methoxy groups -OCH3 is 1. The van der Waals surface area contributed by atoms with Gasteiger partial charge in [0.2, 0.25) is 0 Å². The van der Waals surface area contributed by atoms with Crippen molar-refractivity contribution >= 4 is 29.3 Å². The number of ether oxygens (including phenoxy) is 2. The van der Waals surface area contributed by atoms with Gasteiger partial charge in [0, 0.05) is 43.9 Å². The van der Waals surface area contributed by atoms with Crippen LogP contribution in [-0.2, 0) is 9.53 Å². The lowest BCUT2D eigenvalue weighted by Crippen LogP contribution is -2.44. The van der Waals surface area contributed by atoms with Gasteiger partial charge in [-0.1, -0.05) is 42.9 Å². The molecule has 2 aliphatic heterocycles. The van der Waals surface area contributed by atoms with Crippen molar-refractivity contribution in [2.24, 2.45) is 4.99 Å². The number of carbonyl (C=O) groups is 1. The molecular weight excluding hydrogens is 516 g/mol. The molecule has 4 heterocycles. The van der Waals surface area contributed by atoms with E-state index in [4.69, 9.17) is 18.9 Å². The summed E-state index contributed by atoms with van der Waals surface area (Å²) in [5, 5.41) is 0. The first kappa shape index (κ1) is 27.0. The van der Waals surface area contributed by atoms with Gasteiger partial charge >= 0.3 is 5.97 Å². The van der Waals surface area contributed by atoms with Gasteiger partial charge in [-0.15, -0.1) is 0 Å². The molecule has 10 heteroatoms. The van der Waals surface area contributed by atoms with Gasteiger partial charge in [-0.2, -0.15) is 0 Å². The highest BCUT2D eigenvalue weighted by Crippen LogP contribution is 2.36. The number of benzene rings is 1. The number of nitrogens with zero attached hydrogens (tertiary/aromatic N) is 4. The summed E-state index contributed by atoms with van der Waals surface area (Å²) in [4.78, 5) is 37.1. The first-order valence-electron chi connectivity index (χ1n) is 13.3. The Morgan fingerprint density at radius 3 is 2.64 bits per heavy atom. The van der Waals surface area contributed by atoms with E-state index in [0.717, 1.165) is 38.5 Å². The highest BCUT2D eigenvalue weighted by atomic mass is 32.1. The monoisotopic (exact) mass is 550 g/mol. The summed E-state index contributed by atoms with van der Waals surface area (Å²) in [7, 11) is 3.69. The molecule has 0 N–H and O–H groups in total. The summed E-state index contributed by atoms with van der Waals surface area (Å²) in [6.45, 7) is 7.75. The van der Waals surface area contributed by atoms with Crippen molar-refractivity contribution < 1.29 is 18.7 Å². The van der Waals surface area contributed by atoms with Crippen molar-refractivity contribution in [3.63, 3.8) is 0 Å². The minimum atomic E-state index is -0.724. The van der Waals surface area contributed by atoms with E-state index in [-0.39, 0.29) is 12.2 Å². The van der Waals surface area contributed by atoms with Gasteiger partial charge in [0.1, 0.15) is 17.6 Å². The molecule has 0 aliphatic carbocycles. The lowest BCUT2D eigenvalue weighted by Gasteiger charge is -2.32. The van der Waals surface area contributed by atoms with E-state index >= 15 is 0 Å². The number of anilines is 1. The summed E-state index contributed by atoms with van der Waals surface area (Å²) in [6.07, 6.45) is 3.13. The van der Waals surface area contributed by atoms with Crippen molar-refractivity contribution in [3.05, 3.63) is 78.7 Å². The van der Waals surface area contributed by atoms with Crippen molar-refractivity contribution in [1.29, 1.82) is 0 Å². The molecule has 0 saturated carbocycles. The number of hydrogen-bond acceptors (Lipinski definition) is 9. The van der Waals surface area contributed by atoms with Gasteiger partial charge in [0.05, 0.1) is 29.5 Å². The van der Waals surface area contributed by atoms with E-state index in [1.54, 1.807) is 24.7 Å². The Kier molecular flexibility index (Phi) is 8.04. The van der Waals surface area contributed by atoms with Crippen molar-refractivity contribution in [3.8, 4) is 5.75 Å². The molecule has 1 atom stereocenters. The molecule has 39 heavy (non-hydrogen) atoms. The third kappa shape index (κ3) is 5.31. The van der Waals surface area contributed by atoms with Crippen molar-refractivity contribution in [2.75, 3.05) is 51.8 Å². The van der Waals surface area contributed by atoms with Gasteiger partial charge in [-0.3, -0.25) is 9.36 Å². The van der Waals surface area contributed by atoms with Crippen LogP contribution in [0.3, 0.4) is 0 Å². The largest absolute Gasteiger partial charge is 0.496 e. The molecule has 0 radical (unpaired) electrons. The molecule has 0 bridgehead atoms. The molecule has 1 fully saturated rings. The van der Waals surface area contributed by atoms with Crippen LogP contribution in [0, 0.1) is 0 Å². The average molecular weight is 551 g/mol. The number of esters is 1. The lowest BCUT2D eigenvalue weighted by molar-refractivity contribution is -0.139. The number of carbonyl (C=O) groups excluding carboxylic acids is 1. The van der Waals surface area contributed by atoms with Crippen LogP contribution in [0.15, 0.2) is 61.9 Å². The van der Waals surface area contributed by atoms with Gasteiger partial charge in [-0.25, -0.2) is 9.79 Å². The second kappa shape index (κ2) is 11.6. The highest BCUT2D eigenvalue weighted by Gasteiger charge is 2.35. The second-order valence-corrected chi connectivity index (χ2v) is 10.6. The molecule has 1 aromatic carbocycles. The van der Waals surface area contributed by atoms with E-state index in [0.29, 0.717) is 44.1 Å². The third-order valence-corrected chi connectivity index (χ3v) is 8.01. The third-order valence-electron chi connectivity index (χ3n) is 7.03. The van der Waals surface area contributed by atoms with Gasteiger partial charge < -0.3 is 23.7 Å². The number of thiazole rings is 1. The Hall–Kier alpha value is -3.63. The smallest absolute Gasteiger partial charge is 0.338 e. The van der Waals surface area contributed by atoms with Crippen LogP contribution in [0.25, 0.3) is 6.08 Å². The molecule has 2 aliphatic rings. The summed E-state index contributed by atoms with van der Waals surface area (Å²) in [6, 6.07) is 10.6. The van der Waals surface area contributed by atoms with Gasteiger partial charge in [0.25, 0.3) is 5.56 Å². The van der Waals surface area contributed by atoms with Crippen molar-refractivity contribution in [1.82, 2.24) is 9.47 Å². The number of fused-ring (bicyclic) bond motifs is 1. The van der Waals surface area contributed by atoms with Gasteiger partial charge in [0.15, 0.2) is 10.7 Å². The fourth-order valence-corrected chi connectivity index (χ4v) is 6.05. The van der Waals surface area contributed by atoms with E-state index in [9.17, 15) is 9.59 Å². The maximum atomic E-state index is 13.9. The van der Waals surface area contributed by atoms with Crippen LogP contribution in [-0.4, -0.2) is 62.4 Å². The van der Waals surface area contributed by atoms with Gasteiger partial charge in [-0.05, 0) is 32.5 Å². The molecule has 2 aromatic heterocycles. The van der Waals surface area contributed by atoms with Crippen LogP contribution in [0.2, 0.25) is 0 Å². The predicted octanol–water partition coefficient (Wildman–Crippen LogP) is 2.93. The lowest BCUT2D eigenvalue weighted by atomic mass is 9.93. The van der Waals surface area contributed by atoms with Crippen LogP contribution >= 0.6 is 11.3 Å². The number of piperazine rings is 1. The topological polar surface area (TPSA) is 89.5 Å². The predicted molar refractivity (Wildman–Crippen MR) is 151 cm³/mol. The minimum Gasteiger partial charge on any atom is -0.496 e. The minimum absolute atomic E-state index is 0.221. The molecule has 5 rings (SSSR count). The molecule has 0 unspecified atom stereocenters. The number of furan rings is 1. The number of allylic oxidation sites excluding steroid dienone is 1. The Morgan fingerprint density at radius 2 is 1.92 bits per heavy atom. The fraction of sp³-hybridized carbons (Fsp3) is 0.414. The standard InChI is InChI=1S/C29H34N4O5S/c1-5-9-21-25(28(35)37-6-2)26(20-10-7-8-11-22(20)36-4)33-27(34)23(39-29(33)30-21)18-19-12-13-24(38-19)32-16-14-31(3)15-17-32/h7-8,10-13,18,26H,5-6,9,14-17H2,1-4H3/b23-18+/t26-/m0/s1. The number of para-hydroxylation sites is 1. The zero-order valence-electron chi connectivity index (χ0n) is 22.8. The maximum absolute atomic E-state index is 13.9. The second-order valence-electron chi connectivity index (χ2n) is 9.62. The fourth-order valence-electron chi connectivity index (χ4n) is 5.05. The number of aromatic nitrogens is 1. The summed E-state index contributed by atoms with van der Waals surface area (Å²) < 4.78 is 19.3.